The fourth-order valence-corrected chi connectivity index (χ4v) is 8.03. The molecular weight excluding hydrogens is 396 g/mol. The first-order valence-electron chi connectivity index (χ1n) is 9.52. The highest BCUT2D eigenvalue weighted by Gasteiger charge is 2.38. The van der Waals surface area contributed by atoms with Crippen LogP contribution in [0.25, 0.3) is 5.57 Å². The van der Waals surface area contributed by atoms with Gasteiger partial charge < -0.3 is 4.43 Å². The zero-order valence-electron chi connectivity index (χ0n) is 16.4. The third-order valence-corrected chi connectivity index (χ3v) is 12.2. The van der Waals surface area contributed by atoms with E-state index in [1.165, 1.54) is 32.4 Å². The number of allylic oxidation sites excluding steroid dienone is 2. The monoisotopic (exact) mass is 430 g/mol. The van der Waals surface area contributed by atoms with Gasteiger partial charge in [0.2, 0.25) is 0 Å². The molecule has 0 bridgehead atoms. The molecule has 0 N–H and O–H groups in total. The summed E-state index contributed by atoms with van der Waals surface area (Å²) in [5.41, 5.74) is 1.46. The van der Waals surface area contributed by atoms with E-state index in [1.54, 1.807) is 0 Å². The Morgan fingerprint density at radius 2 is 1.71 bits per heavy atom. The predicted octanol–water partition coefficient (Wildman–Crippen LogP) is 8.27. The van der Waals surface area contributed by atoms with Crippen molar-refractivity contribution < 1.29 is 4.43 Å². The van der Waals surface area contributed by atoms with Gasteiger partial charge in [0, 0.05) is 4.88 Å². The SMILES string of the molecule is CCC(CC)(CCC=C(C)c1ccc(Br)s1)O[Si](CC)(CC)CC. The maximum Gasteiger partial charge on any atom is 0.192 e. The van der Waals surface area contributed by atoms with E-state index in [1.807, 2.05) is 11.3 Å². The highest BCUT2D eigenvalue weighted by atomic mass is 79.9. The lowest BCUT2D eigenvalue weighted by Crippen LogP contribution is -2.46. The maximum atomic E-state index is 6.97. The van der Waals surface area contributed by atoms with Gasteiger partial charge in [-0.1, -0.05) is 40.7 Å². The van der Waals surface area contributed by atoms with Gasteiger partial charge >= 0.3 is 0 Å². The van der Waals surface area contributed by atoms with Crippen molar-refractivity contribution in [1.29, 1.82) is 0 Å². The minimum Gasteiger partial charge on any atom is -0.411 e. The molecule has 1 heterocycles. The van der Waals surface area contributed by atoms with Crippen LogP contribution in [0.15, 0.2) is 22.0 Å². The first-order valence-corrected chi connectivity index (χ1v) is 13.7. The lowest BCUT2D eigenvalue weighted by Gasteiger charge is -2.42. The van der Waals surface area contributed by atoms with Crippen LogP contribution in [0.2, 0.25) is 18.1 Å². The molecule has 0 radical (unpaired) electrons. The van der Waals surface area contributed by atoms with Crippen molar-refractivity contribution in [3.63, 3.8) is 0 Å². The molecule has 0 unspecified atom stereocenters. The van der Waals surface area contributed by atoms with Crippen LogP contribution in [-0.2, 0) is 4.43 Å². The second-order valence-corrected chi connectivity index (χ2v) is 13.9. The minimum absolute atomic E-state index is 0.0705. The van der Waals surface area contributed by atoms with Crippen LogP contribution in [0.1, 0.15) is 72.1 Å². The quantitative estimate of drug-likeness (QED) is 0.320. The van der Waals surface area contributed by atoms with Crippen molar-refractivity contribution in [3.8, 4) is 0 Å². The minimum atomic E-state index is -1.56. The van der Waals surface area contributed by atoms with Crippen molar-refractivity contribution in [2.24, 2.45) is 0 Å². The van der Waals surface area contributed by atoms with Crippen LogP contribution < -0.4 is 0 Å². The zero-order valence-corrected chi connectivity index (χ0v) is 19.8. The van der Waals surface area contributed by atoms with E-state index in [-0.39, 0.29) is 5.60 Å². The molecule has 0 aliphatic rings. The molecule has 0 spiro atoms. The Kier molecular flexibility index (Phi) is 9.50. The third kappa shape index (κ3) is 5.82. The van der Waals surface area contributed by atoms with E-state index in [9.17, 15) is 0 Å². The third-order valence-electron chi connectivity index (χ3n) is 5.67. The molecule has 4 heteroatoms. The van der Waals surface area contributed by atoms with E-state index in [0.29, 0.717) is 0 Å². The van der Waals surface area contributed by atoms with Crippen molar-refractivity contribution in [2.75, 3.05) is 0 Å². The summed E-state index contributed by atoms with van der Waals surface area (Å²) in [5, 5.41) is 0. The molecule has 0 saturated heterocycles. The largest absolute Gasteiger partial charge is 0.411 e. The number of hydrogen-bond acceptors (Lipinski definition) is 2. The number of rotatable bonds is 11. The van der Waals surface area contributed by atoms with Crippen LogP contribution in [0.4, 0.5) is 0 Å². The first-order chi connectivity index (χ1) is 11.4. The molecular formula is C20H35BrOSSi. The Bertz CT molecular complexity index is 507. The summed E-state index contributed by atoms with van der Waals surface area (Å²) in [6.07, 6.45) is 6.88. The number of hydrogen-bond donors (Lipinski definition) is 0. The second kappa shape index (κ2) is 10.3. The summed E-state index contributed by atoms with van der Waals surface area (Å²) in [6, 6.07) is 8.04. The summed E-state index contributed by atoms with van der Waals surface area (Å²) in [5.74, 6) is 0. The predicted molar refractivity (Wildman–Crippen MR) is 116 cm³/mol. The summed E-state index contributed by atoms with van der Waals surface area (Å²) in [7, 11) is -1.56. The number of thiophene rings is 1. The standard InChI is InChI=1S/C20H35BrOSSi/c1-7-20(8-2,22-24(9-3,10-4)11-5)16-12-13-17(6)18-14-15-19(21)23-18/h13-15H,7-12,16H2,1-6H3. The average Bonchev–Trinajstić information content (AvgIpc) is 3.05. The summed E-state index contributed by atoms with van der Waals surface area (Å²) >= 11 is 5.37. The normalized spacial score (nSPS) is 13.5. The Morgan fingerprint density at radius 1 is 1.12 bits per heavy atom. The van der Waals surface area contributed by atoms with Crippen molar-refractivity contribution in [3.05, 3.63) is 26.9 Å². The van der Waals surface area contributed by atoms with Crippen LogP contribution in [0, 0.1) is 0 Å². The molecule has 0 saturated carbocycles. The molecule has 1 rings (SSSR count). The van der Waals surface area contributed by atoms with Gasteiger partial charge in [0.1, 0.15) is 0 Å². The van der Waals surface area contributed by atoms with Crippen LogP contribution >= 0.6 is 27.3 Å². The van der Waals surface area contributed by atoms with E-state index < -0.39 is 8.32 Å². The van der Waals surface area contributed by atoms with Gasteiger partial charge in [-0.2, -0.15) is 0 Å². The van der Waals surface area contributed by atoms with Gasteiger partial charge in [0.25, 0.3) is 0 Å². The summed E-state index contributed by atoms with van der Waals surface area (Å²) in [4.78, 5) is 1.36. The lowest BCUT2D eigenvalue weighted by atomic mass is 9.91. The number of halogens is 1. The first kappa shape index (κ1) is 22.1. The molecule has 1 aromatic heterocycles. The molecule has 0 amide bonds. The summed E-state index contributed by atoms with van der Waals surface area (Å²) in [6.45, 7) is 13.8. The van der Waals surface area contributed by atoms with Gasteiger partial charge in [-0.15, -0.1) is 11.3 Å². The van der Waals surface area contributed by atoms with E-state index in [0.717, 1.165) is 25.7 Å². The van der Waals surface area contributed by atoms with Gasteiger partial charge in [-0.25, -0.2) is 0 Å². The van der Waals surface area contributed by atoms with Crippen molar-refractivity contribution in [2.45, 2.75) is 91.0 Å². The fourth-order valence-electron chi connectivity index (χ4n) is 3.40. The molecule has 24 heavy (non-hydrogen) atoms. The van der Waals surface area contributed by atoms with Crippen molar-refractivity contribution >= 4 is 41.2 Å². The molecule has 0 fully saturated rings. The Labute approximate surface area is 163 Å². The molecule has 0 aromatic carbocycles. The molecule has 1 nitrogen and oxygen atoms in total. The lowest BCUT2D eigenvalue weighted by molar-refractivity contribution is 0.0397. The highest BCUT2D eigenvalue weighted by molar-refractivity contribution is 9.11. The van der Waals surface area contributed by atoms with E-state index >= 15 is 0 Å². The average molecular weight is 432 g/mol. The second-order valence-electron chi connectivity index (χ2n) is 6.77. The Morgan fingerprint density at radius 3 is 2.12 bits per heavy atom. The molecule has 1 aromatic rings. The van der Waals surface area contributed by atoms with Crippen LogP contribution in [-0.4, -0.2) is 13.9 Å². The van der Waals surface area contributed by atoms with Gasteiger partial charge in [0.15, 0.2) is 8.32 Å². The molecule has 138 valence electrons. The Balaban J connectivity index is 2.81. The zero-order chi connectivity index (χ0) is 18.2. The highest BCUT2D eigenvalue weighted by Crippen LogP contribution is 2.36. The smallest absolute Gasteiger partial charge is 0.192 e. The summed E-state index contributed by atoms with van der Waals surface area (Å²) < 4.78 is 8.17. The van der Waals surface area contributed by atoms with Crippen molar-refractivity contribution in [1.82, 2.24) is 0 Å². The Hall–Kier alpha value is 0.0969. The topological polar surface area (TPSA) is 9.23 Å². The molecule has 0 atom stereocenters. The van der Waals surface area contributed by atoms with E-state index in [2.05, 4.69) is 75.7 Å². The van der Waals surface area contributed by atoms with Gasteiger partial charge in [-0.05, 0) is 84.4 Å². The molecule has 0 aliphatic heterocycles. The fraction of sp³-hybridized carbons (Fsp3) is 0.700. The molecule has 0 aliphatic carbocycles. The van der Waals surface area contributed by atoms with Gasteiger partial charge in [-0.3, -0.25) is 0 Å². The van der Waals surface area contributed by atoms with Crippen LogP contribution in [0.3, 0.4) is 0 Å². The van der Waals surface area contributed by atoms with Crippen LogP contribution in [0.5, 0.6) is 0 Å². The van der Waals surface area contributed by atoms with E-state index in [4.69, 9.17) is 4.43 Å². The maximum absolute atomic E-state index is 6.97. The van der Waals surface area contributed by atoms with Gasteiger partial charge in [0.05, 0.1) is 9.39 Å².